The highest BCUT2D eigenvalue weighted by molar-refractivity contribution is 6.34. The van der Waals surface area contributed by atoms with Crippen LogP contribution in [0.3, 0.4) is 0 Å². The molecule has 0 bridgehead atoms. The molecule has 2 rings (SSSR count). The van der Waals surface area contributed by atoms with Crippen LogP contribution >= 0.6 is 11.6 Å². The number of methoxy groups -OCH3 is 1. The molecule has 1 aromatic rings. The van der Waals surface area contributed by atoms with Gasteiger partial charge in [0.2, 0.25) is 0 Å². The maximum atomic E-state index is 10.7. The number of hydrogen-bond acceptors (Lipinski definition) is 4. The van der Waals surface area contributed by atoms with Gasteiger partial charge in [-0.05, 0) is 6.07 Å². The van der Waals surface area contributed by atoms with Crippen molar-refractivity contribution in [2.24, 2.45) is 0 Å². The molecule has 17 heavy (non-hydrogen) atoms. The Morgan fingerprint density at radius 2 is 2.24 bits per heavy atom. The summed E-state index contributed by atoms with van der Waals surface area (Å²) in [4.78, 5) is 10.7. The van der Waals surface area contributed by atoms with E-state index in [1.807, 2.05) is 0 Å². The van der Waals surface area contributed by atoms with Gasteiger partial charge in [-0.15, -0.1) is 0 Å². The van der Waals surface area contributed by atoms with E-state index in [4.69, 9.17) is 30.9 Å². The van der Waals surface area contributed by atoms with Gasteiger partial charge in [0.25, 0.3) is 0 Å². The molecular weight excluding hydrogens is 248 g/mol. The molecule has 1 aliphatic heterocycles. The molecule has 0 spiro atoms. The lowest BCUT2D eigenvalue weighted by Gasteiger charge is -2.22. The maximum absolute atomic E-state index is 10.7. The van der Waals surface area contributed by atoms with E-state index in [1.54, 1.807) is 6.07 Å². The van der Waals surface area contributed by atoms with Crippen molar-refractivity contribution >= 4 is 17.6 Å². The number of rotatable bonds is 3. The van der Waals surface area contributed by atoms with Crippen LogP contribution in [0.1, 0.15) is 5.56 Å². The van der Waals surface area contributed by atoms with Crippen LogP contribution in [0.4, 0.5) is 0 Å². The molecule has 1 aromatic carbocycles. The number of aliphatic carboxylic acids is 1. The van der Waals surface area contributed by atoms with Gasteiger partial charge in [0, 0.05) is 5.56 Å². The number of ether oxygens (including phenoxy) is 3. The Labute approximate surface area is 103 Å². The van der Waals surface area contributed by atoms with Crippen LogP contribution < -0.4 is 14.2 Å². The first-order chi connectivity index (χ1) is 8.13. The van der Waals surface area contributed by atoms with E-state index in [1.165, 1.54) is 7.11 Å². The summed E-state index contributed by atoms with van der Waals surface area (Å²) in [7, 11) is 1.43. The standard InChI is InChI=1S/C11H11ClO5/c1-15-10-6(5-8(13)14)4-7-11(9(10)12)17-3-2-16-7/h4H,2-3,5H2,1H3,(H,13,14). The summed E-state index contributed by atoms with van der Waals surface area (Å²) in [6, 6.07) is 1.59. The fourth-order valence-electron chi connectivity index (χ4n) is 1.69. The minimum absolute atomic E-state index is 0.181. The lowest BCUT2D eigenvalue weighted by atomic mass is 10.1. The van der Waals surface area contributed by atoms with Crippen molar-refractivity contribution in [2.75, 3.05) is 20.3 Å². The van der Waals surface area contributed by atoms with Gasteiger partial charge in [-0.1, -0.05) is 11.6 Å². The zero-order chi connectivity index (χ0) is 12.4. The number of benzene rings is 1. The first-order valence-corrected chi connectivity index (χ1v) is 5.38. The second-order valence-electron chi connectivity index (χ2n) is 3.48. The molecule has 5 nitrogen and oxygen atoms in total. The molecule has 0 radical (unpaired) electrons. The molecule has 0 saturated carbocycles. The van der Waals surface area contributed by atoms with Crippen LogP contribution in [0.5, 0.6) is 17.2 Å². The number of halogens is 1. The number of carboxylic acid groups (broad SMARTS) is 1. The van der Waals surface area contributed by atoms with Crippen LogP contribution in [0.25, 0.3) is 0 Å². The van der Waals surface area contributed by atoms with Gasteiger partial charge >= 0.3 is 5.97 Å². The molecule has 0 unspecified atom stereocenters. The summed E-state index contributed by atoms with van der Waals surface area (Å²) in [5.74, 6) is 0.219. The van der Waals surface area contributed by atoms with E-state index in [2.05, 4.69) is 0 Å². The molecule has 6 heteroatoms. The minimum Gasteiger partial charge on any atom is -0.495 e. The lowest BCUT2D eigenvalue weighted by molar-refractivity contribution is -0.136. The second-order valence-corrected chi connectivity index (χ2v) is 3.86. The van der Waals surface area contributed by atoms with Gasteiger partial charge < -0.3 is 19.3 Å². The molecule has 0 aromatic heterocycles. The number of fused-ring (bicyclic) bond motifs is 1. The smallest absolute Gasteiger partial charge is 0.307 e. The summed E-state index contributed by atoms with van der Waals surface area (Å²) in [5, 5.41) is 9.06. The third kappa shape index (κ3) is 2.24. The van der Waals surface area contributed by atoms with Crippen molar-refractivity contribution in [3.8, 4) is 17.2 Å². The lowest BCUT2D eigenvalue weighted by Crippen LogP contribution is -2.16. The molecule has 0 amide bonds. The van der Waals surface area contributed by atoms with Gasteiger partial charge in [-0.3, -0.25) is 4.79 Å². The van der Waals surface area contributed by atoms with Crippen molar-refractivity contribution in [2.45, 2.75) is 6.42 Å². The van der Waals surface area contributed by atoms with Crippen molar-refractivity contribution in [3.63, 3.8) is 0 Å². The predicted molar refractivity (Wildman–Crippen MR) is 60.3 cm³/mol. The third-order valence-electron chi connectivity index (χ3n) is 2.35. The SMILES string of the molecule is COc1c(CC(=O)O)cc2c(c1Cl)OCCO2. The Morgan fingerprint density at radius 1 is 1.53 bits per heavy atom. The first-order valence-electron chi connectivity index (χ1n) is 5.00. The van der Waals surface area contributed by atoms with Gasteiger partial charge in [-0.2, -0.15) is 0 Å². The quantitative estimate of drug-likeness (QED) is 0.895. The molecule has 1 heterocycles. The van der Waals surface area contributed by atoms with Gasteiger partial charge in [-0.25, -0.2) is 0 Å². The average Bonchev–Trinajstić information content (AvgIpc) is 2.29. The molecule has 92 valence electrons. The molecule has 1 aliphatic rings. The zero-order valence-electron chi connectivity index (χ0n) is 9.16. The van der Waals surface area contributed by atoms with Crippen LogP contribution in [0.15, 0.2) is 6.07 Å². The molecule has 0 fully saturated rings. The van der Waals surface area contributed by atoms with E-state index in [0.29, 0.717) is 36.0 Å². The monoisotopic (exact) mass is 258 g/mol. The third-order valence-corrected chi connectivity index (χ3v) is 2.70. The number of hydrogen-bond donors (Lipinski definition) is 1. The Kier molecular flexibility index (Phi) is 3.28. The van der Waals surface area contributed by atoms with Crippen molar-refractivity contribution in [1.29, 1.82) is 0 Å². The maximum Gasteiger partial charge on any atom is 0.307 e. The van der Waals surface area contributed by atoms with Crippen LogP contribution in [0.2, 0.25) is 5.02 Å². The van der Waals surface area contributed by atoms with Crippen LogP contribution in [-0.2, 0) is 11.2 Å². The van der Waals surface area contributed by atoms with E-state index < -0.39 is 5.97 Å². The summed E-state index contributed by atoms with van der Waals surface area (Å²) in [5.41, 5.74) is 0.467. The predicted octanol–water partition coefficient (Wildman–Crippen LogP) is 1.75. The Hall–Kier alpha value is -1.62. The molecule has 1 N–H and O–H groups in total. The minimum atomic E-state index is -0.962. The normalized spacial score (nSPS) is 13.3. The zero-order valence-corrected chi connectivity index (χ0v) is 9.91. The molecule has 0 atom stereocenters. The fourth-order valence-corrected chi connectivity index (χ4v) is 2.04. The number of carbonyl (C=O) groups is 1. The second kappa shape index (κ2) is 4.71. The summed E-state index contributed by atoms with van der Waals surface area (Å²) < 4.78 is 15.9. The highest BCUT2D eigenvalue weighted by atomic mass is 35.5. The number of carboxylic acids is 1. The van der Waals surface area contributed by atoms with Crippen LogP contribution in [0, 0.1) is 0 Å². The van der Waals surface area contributed by atoms with Gasteiger partial charge in [0.05, 0.1) is 13.5 Å². The van der Waals surface area contributed by atoms with Gasteiger partial charge in [0.1, 0.15) is 24.0 Å². The van der Waals surface area contributed by atoms with Crippen molar-refractivity contribution in [3.05, 3.63) is 16.7 Å². The topological polar surface area (TPSA) is 65.0 Å². The highest BCUT2D eigenvalue weighted by Gasteiger charge is 2.23. The summed E-state index contributed by atoms with van der Waals surface area (Å²) >= 11 is 6.09. The molecule has 0 saturated heterocycles. The summed E-state index contributed by atoms with van der Waals surface area (Å²) in [6.07, 6.45) is -0.181. The average molecular weight is 259 g/mol. The van der Waals surface area contributed by atoms with E-state index in [0.717, 1.165) is 0 Å². The largest absolute Gasteiger partial charge is 0.495 e. The van der Waals surface area contributed by atoms with Crippen LogP contribution in [-0.4, -0.2) is 31.4 Å². The molecule has 0 aliphatic carbocycles. The first kappa shape index (κ1) is 11.9. The van der Waals surface area contributed by atoms with Crippen molar-refractivity contribution < 1.29 is 24.1 Å². The van der Waals surface area contributed by atoms with Gasteiger partial charge in [0.15, 0.2) is 11.5 Å². The molecular formula is C11H11ClO5. The van der Waals surface area contributed by atoms with E-state index in [-0.39, 0.29) is 11.4 Å². The summed E-state index contributed by atoms with van der Waals surface area (Å²) in [6.45, 7) is 0.830. The Bertz CT molecular complexity index is 458. The van der Waals surface area contributed by atoms with E-state index in [9.17, 15) is 4.79 Å². The van der Waals surface area contributed by atoms with E-state index >= 15 is 0 Å². The van der Waals surface area contributed by atoms with Crippen molar-refractivity contribution in [1.82, 2.24) is 0 Å². The highest BCUT2D eigenvalue weighted by Crippen LogP contribution is 2.45. The Balaban J connectivity index is 2.51. The fraction of sp³-hybridized carbons (Fsp3) is 0.364. The Morgan fingerprint density at radius 3 is 2.88 bits per heavy atom.